The van der Waals surface area contributed by atoms with Crippen LogP contribution >= 0.6 is 24.0 Å². The van der Waals surface area contributed by atoms with Gasteiger partial charge in [-0.2, -0.15) is 0 Å². The van der Waals surface area contributed by atoms with Gasteiger partial charge in [0.2, 0.25) is 0 Å². The predicted molar refractivity (Wildman–Crippen MR) is 99.6 cm³/mol. The minimum absolute atomic E-state index is 0. The number of ether oxygens (including phenoxy) is 2. The molecule has 3 rings (SSSR count). The first kappa shape index (κ1) is 18.0. The van der Waals surface area contributed by atoms with Gasteiger partial charge < -0.3 is 19.4 Å². The van der Waals surface area contributed by atoms with E-state index in [1.807, 2.05) is 30.5 Å². The average molecular weight is 366 g/mol. The summed E-state index contributed by atoms with van der Waals surface area (Å²) in [5.74, 6) is 1.31. The van der Waals surface area contributed by atoms with E-state index in [0.717, 1.165) is 28.5 Å². The molecule has 3 aromatic rings. The SMILES string of the molecule is COc1cc(N=Cc2[nH]c(-c3ccc[nH]3)cc2OC)ccc1Cl.Cl. The van der Waals surface area contributed by atoms with Crippen molar-refractivity contribution in [3.8, 4) is 22.9 Å². The van der Waals surface area contributed by atoms with Gasteiger partial charge in [0.25, 0.3) is 0 Å². The van der Waals surface area contributed by atoms with Gasteiger partial charge >= 0.3 is 0 Å². The second kappa shape index (κ2) is 7.95. The molecule has 2 N–H and O–H groups in total. The summed E-state index contributed by atoms with van der Waals surface area (Å²) in [6.45, 7) is 0. The molecular weight excluding hydrogens is 349 g/mol. The maximum atomic E-state index is 6.02. The molecule has 0 radical (unpaired) electrons. The molecule has 0 saturated heterocycles. The summed E-state index contributed by atoms with van der Waals surface area (Å²) in [5.41, 5.74) is 3.44. The molecule has 0 saturated carbocycles. The van der Waals surface area contributed by atoms with Gasteiger partial charge in [0.1, 0.15) is 11.5 Å². The zero-order valence-corrected chi connectivity index (χ0v) is 14.7. The van der Waals surface area contributed by atoms with E-state index in [9.17, 15) is 0 Å². The Bertz CT molecular complexity index is 826. The molecule has 2 heterocycles. The molecule has 5 nitrogen and oxygen atoms in total. The molecule has 0 bridgehead atoms. The van der Waals surface area contributed by atoms with Gasteiger partial charge in [-0.05, 0) is 24.3 Å². The Labute approximate surface area is 151 Å². The van der Waals surface area contributed by atoms with Gasteiger partial charge in [-0.1, -0.05) is 11.6 Å². The summed E-state index contributed by atoms with van der Waals surface area (Å²) < 4.78 is 10.6. The number of rotatable bonds is 5. The fourth-order valence-corrected chi connectivity index (χ4v) is 2.42. The third-order valence-electron chi connectivity index (χ3n) is 3.40. The second-order valence-corrected chi connectivity index (χ2v) is 5.23. The molecule has 2 aromatic heterocycles. The van der Waals surface area contributed by atoms with Gasteiger partial charge in [0.05, 0.1) is 48.2 Å². The number of nitrogens with zero attached hydrogens (tertiary/aromatic N) is 1. The Morgan fingerprint density at radius 1 is 1.04 bits per heavy atom. The number of halogens is 2. The molecule has 1 aromatic carbocycles. The highest BCUT2D eigenvalue weighted by molar-refractivity contribution is 6.32. The lowest BCUT2D eigenvalue weighted by Crippen LogP contribution is -1.88. The third-order valence-corrected chi connectivity index (χ3v) is 3.71. The van der Waals surface area contributed by atoms with Crippen molar-refractivity contribution < 1.29 is 9.47 Å². The van der Waals surface area contributed by atoms with Crippen molar-refractivity contribution in [2.45, 2.75) is 0 Å². The number of aromatic amines is 2. The highest BCUT2D eigenvalue weighted by Gasteiger charge is 2.09. The fraction of sp³-hybridized carbons (Fsp3) is 0.118. The van der Waals surface area contributed by atoms with Crippen LogP contribution in [0.5, 0.6) is 11.5 Å². The Morgan fingerprint density at radius 2 is 1.83 bits per heavy atom. The summed E-state index contributed by atoms with van der Waals surface area (Å²) in [6, 6.07) is 11.2. The van der Waals surface area contributed by atoms with Crippen molar-refractivity contribution in [1.82, 2.24) is 9.97 Å². The number of benzene rings is 1. The number of methoxy groups -OCH3 is 2. The zero-order valence-electron chi connectivity index (χ0n) is 13.2. The van der Waals surface area contributed by atoms with Crippen LogP contribution in [0.3, 0.4) is 0 Å². The molecule has 0 amide bonds. The van der Waals surface area contributed by atoms with E-state index in [1.165, 1.54) is 0 Å². The van der Waals surface area contributed by atoms with Crippen LogP contribution in [0.15, 0.2) is 47.6 Å². The predicted octanol–water partition coefficient (Wildman–Crippen LogP) is 4.85. The van der Waals surface area contributed by atoms with Gasteiger partial charge in [-0.3, -0.25) is 4.99 Å². The highest BCUT2D eigenvalue weighted by Crippen LogP contribution is 2.29. The van der Waals surface area contributed by atoms with E-state index in [-0.39, 0.29) is 12.4 Å². The molecule has 0 atom stereocenters. The molecular formula is C17H17Cl2N3O2. The summed E-state index contributed by atoms with van der Waals surface area (Å²) >= 11 is 6.02. The summed E-state index contributed by atoms with van der Waals surface area (Å²) in [7, 11) is 3.20. The van der Waals surface area contributed by atoms with Crippen LogP contribution in [0.25, 0.3) is 11.4 Å². The largest absolute Gasteiger partial charge is 0.495 e. The molecule has 7 heteroatoms. The lowest BCUT2D eigenvalue weighted by molar-refractivity contribution is 0.415. The smallest absolute Gasteiger partial charge is 0.146 e. The molecule has 126 valence electrons. The number of aromatic nitrogens is 2. The maximum Gasteiger partial charge on any atom is 0.146 e. The Kier molecular flexibility index (Phi) is 5.95. The van der Waals surface area contributed by atoms with E-state index < -0.39 is 0 Å². The quantitative estimate of drug-likeness (QED) is 0.634. The summed E-state index contributed by atoms with van der Waals surface area (Å²) in [5, 5.41) is 0.554. The monoisotopic (exact) mass is 365 g/mol. The van der Waals surface area contributed by atoms with Crippen LogP contribution in [0.4, 0.5) is 5.69 Å². The molecule has 0 spiro atoms. The lowest BCUT2D eigenvalue weighted by Gasteiger charge is -2.03. The van der Waals surface area contributed by atoms with Crippen LogP contribution < -0.4 is 9.47 Å². The summed E-state index contributed by atoms with van der Waals surface area (Å²) in [4.78, 5) is 10.9. The number of hydrogen-bond acceptors (Lipinski definition) is 3. The van der Waals surface area contributed by atoms with Gasteiger partial charge in [0.15, 0.2) is 0 Å². The average Bonchev–Trinajstić information content (AvgIpc) is 3.23. The first-order valence-electron chi connectivity index (χ1n) is 6.99. The van der Waals surface area contributed by atoms with Gasteiger partial charge in [0, 0.05) is 18.3 Å². The standard InChI is InChI=1S/C17H16ClN3O2.ClH/c1-22-16-8-11(5-6-12(16)18)20-10-15-17(23-2)9-14(21-15)13-4-3-7-19-13;/h3-10,19,21H,1-2H3;1H. The van der Waals surface area contributed by atoms with Gasteiger partial charge in [-0.15, -0.1) is 12.4 Å². The molecule has 0 fully saturated rings. The van der Waals surface area contributed by atoms with Gasteiger partial charge in [-0.25, -0.2) is 0 Å². The van der Waals surface area contributed by atoms with E-state index in [1.54, 1.807) is 32.6 Å². The van der Waals surface area contributed by atoms with E-state index in [4.69, 9.17) is 21.1 Å². The number of H-pyrrole nitrogens is 2. The Hall–Kier alpha value is -2.37. The highest BCUT2D eigenvalue weighted by atomic mass is 35.5. The maximum absolute atomic E-state index is 6.02. The summed E-state index contributed by atoms with van der Waals surface area (Å²) in [6.07, 6.45) is 3.59. The number of hydrogen-bond donors (Lipinski definition) is 2. The zero-order chi connectivity index (χ0) is 16.2. The first-order valence-corrected chi connectivity index (χ1v) is 7.37. The minimum atomic E-state index is 0. The molecule has 0 unspecified atom stereocenters. The van der Waals surface area contributed by atoms with E-state index in [0.29, 0.717) is 10.8 Å². The molecule has 0 aliphatic carbocycles. The van der Waals surface area contributed by atoms with E-state index >= 15 is 0 Å². The Balaban J connectivity index is 0.00000208. The van der Waals surface area contributed by atoms with Crippen LogP contribution in [0, 0.1) is 0 Å². The normalized spacial score (nSPS) is 10.6. The van der Waals surface area contributed by atoms with Crippen molar-refractivity contribution in [1.29, 1.82) is 0 Å². The van der Waals surface area contributed by atoms with Crippen LogP contribution in [0.2, 0.25) is 5.02 Å². The van der Waals surface area contributed by atoms with Crippen molar-refractivity contribution in [3.63, 3.8) is 0 Å². The number of nitrogens with one attached hydrogen (secondary N) is 2. The topological polar surface area (TPSA) is 62.4 Å². The minimum Gasteiger partial charge on any atom is -0.495 e. The number of aliphatic imine (C=N–C) groups is 1. The molecule has 24 heavy (non-hydrogen) atoms. The van der Waals surface area contributed by atoms with Crippen LogP contribution in [-0.4, -0.2) is 30.4 Å². The van der Waals surface area contributed by atoms with Crippen LogP contribution in [0.1, 0.15) is 5.69 Å². The second-order valence-electron chi connectivity index (χ2n) is 4.83. The lowest BCUT2D eigenvalue weighted by atomic mass is 10.3. The van der Waals surface area contributed by atoms with E-state index in [2.05, 4.69) is 15.0 Å². The third kappa shape index (κ3) is 3.75. The van der Waals surface area contributed by atoms with Crippen molar-refractivity contribution in [2.24, 2.45) is 4.99 Å². The first-order chi connectivity index (χ1) is 11.2. The van der Waals surface area contributed by atoms with Crippen molar-refractivity contribution in [3.05, 3.63) is 53.3 Å². The Morgan fingerprint density at radius 3 is 2.50 bits per heavy atom. The molecule has 0 aliphatic rings. The molecule has 0 aliphatic heterocycles. The fourth-order valence-electron chi connectivity index (χ4n) is 2.23. The van der Waals surface area contributed by atoms with Crippen molar-refractivity contribution in [2.75, 3.05) is 14.2 Å². The van der Waals surface area contributed by atoms with Crippen LogP contribution in [-0.2, 0) is 0 Å². The van der Waals surface area contributed by atoms with Crippen molar-refractivity contribution >= 4 is 35.9 Å².